The van der Waals surface area contributed by atoms with Crippen LogP contribution in [-0.4, -0.2) is 50.4 Å². The highest BCUT2D eigenvalue weighted by Gasteiger charge is 2.20. The topological polar surface area (TPSA) is 86.2 Å². The van der Waals surface area contributed by atoms with Crippen molar-refractivity contribution in [3.05, 3.63) is 29.8 Å². The molecule has 38 heavy (non-hydrogen) atoms. The van der Waals surface area contributed by atoms with Crippen LogP contribution in [0.2, 0.25) is 0 Å². The molecule has 0 aliphatic rings. The number of unbranched alkanes of at least 4 members (excludes halogenated alkanes) is 11. The molecule has 0 fully saturated rings. The average Bonchev–Trinajstić information content (AvgIpc) is 2.91. The molecule has 0 spiro atoms. The number of nitrogens with one attached hydrogen (secondary N) is 1. The maximum atomic E-state index is 12.2. The van der Waals surface area contributed by atoms with E-state index in [1.165, 1.54) is 70.6 Å². The summed E-state index contributed by atoms with van der Waals surface area (Å²) in [7, 11) is -0.217. The Morgan fingerprint density at radius 3 is 2.13 bits per heavy atom. The fourth-order valence-electron chi connectivity index (χ4n) is 4.18. The molecule has 7 nitrogen and oxygen atoms in total. The highest BCUT2D eigenvalue weighted by Crippen LogP contribution is 2.33. The van der Waals surface area contributed by atoms with Crippen molar-refractivity contribution in [2.75, 3.05) is 33.4 Å². The Morgan fingerprint density at radius 1 is 0.868 bits per heavy atom. The van der Waals surface area contributed by atoms with E-state index in [0.29, 0.717) is 39.0 Å². The molecule has 2 atom stereocenters. The quantitative estimate of drug-likeness (QED) is 0.0696. The highest BCUT2D eigenvalue weighted by molar-refractivity contribution is 7.40. The second-order valence-corrected chi connectivity index (χ2v) is 10.9. The van der Waals surface area contributed by atoms with Crippen LogP contribution in [0.3, 0.4) is 0 Å². The Morgan fingerprint density at radius 2 is 1.50 bits per heavy atom. The normalized spacial score (nSPS) is 12.8. The number of carbonyl (C=O) groups excluding carboxylic acids is 1. The molecule has 0 saturated carbocycles. The molecule has 1 rings (SSSR count). The van der Waals surface area contributed by atoms with Gasteiger partial charge < -0.3 is 28.7 Å². The number of benzene rings is 1. The number of carbonyl (C=O) groups is 1. The van der Waals surface area contributed by atoms with Gasteiger partial charge in [-0.1, -0.05) is 103 Å². The summed E-state index contributed by atoms with van der Waals surface area (Å²) in [5.41, 5.74) is 0.961. The molecule has 1 aromatic carbocycles. The molecule has 0 amide bonds. The van der Waals surface area contributed by atoms with E-state index >= 15 is 0 Å². The van der Waals surface area contributed by atoms with E-state index in [1.807, 2.05) is 38.2 Å². The molecule has 2 N–H and O–H groups in total. The van der Waals surface area contributed by atoms with Crippen molar-refractivity contribution in [3.63, 3.8) is 0 Å². The first-order valence-corrected chi connectivity index (χ1v) is 16.0. The Kier molecular flexibility index (Phi) is 22.7. The number of hydrogen-bond donors (Lipinski definition) is 2. The van der Waals surface area contributed by atoms with Crippen molar-refractivity contribution in [2.45, 2.75) is 116 Å². The molecule has 220 valence electrons. The molecule has 0 aromatic heterocycles. The van der Waals surface area contributed by atoms with Crippen LogP contribution in [0.15, 0.2) is 24.3 Å². The third kappa shape index (κ3) is 18.9. The van der Waals surface area contributed by atoms with E-state index in [1.54, 1.807) is 0 Å². The van der Waals surface area contributed by atoms with E-state index in [-0.39, 0.29) is 12.6 Å². The van der Waals surface area contributed by atoms with Crippen LogP contribution in [-0.2, 0) is 25.0 Å². The number of ether oxygens (including phenoxy) is 2. The molecule has 2 unspecified atom stereocenters. The van der Waals surface area contributed by atoms with Crippen molar-refractivity contribution >= 4 is 14.6 Å². The minimum absolute atomic E-state index is 0.0598. The van der Waals surface area contributed by atoms with Crippen LogP contribution in [0.4, 0.5) is 0 Å². The molecule has 0 aliphatic heterocycles. The highest BCUT2D eigenvalue weighted by atomic mass is 31.2. The van der Waals surface area contributed by atoms with Crippen LogP contribution in [0.1, 0.15) is 109 Å². The summed E-state index contributed by atoms with van der Waals surface area (Å²) >= 11 is 0. The number of likely N-dealkylation sites (N-methyl/N-ethyl adjacent to an activating group) is 1. The van der Waals surface area contributed by atoms with E-state index < -0.39 is 14.7 Å². The van der Waals surface area contributed by atoms with Crippen LogP contribution >= 0.6 is 8.60 Å². The summed E-state index contributed by atoms with van der Waals surface area (Å²) in [5, 5.41) is 2.95. The van der Waals surface area contributed by atoms with Crippen molar-refractivity contribution in [3.8, 4) is 5.75 Å². The number of esters is 1. The summed E-state index contributed by atoms with van der Waals surface area (Å²) in [6.45, 7) is 5.89. The van der Waals surface area contributed by atoms with Gasteiger partial charge in [0, 0.05) is 19.4 Å². The maximum Gasteiger partial charge on any atom is 0.330 e. The van der Waals surface area contributed by atoms with E-state index in [4.69, 9.17) is 18.5 Å². The average molecular weight is 556 g/mol. The lowest BCUT2D eigenvalue weighted by Crippen LogP contribution is -2.25. The zero-order chi connectivity index (χ0) is 27.7. The van der Waals surface area contributed by atoms with Crippen molar-refractivity contribution < 1.29 is 28.2 Å². The summed E-state index contributed by atoms with van der Waals surface area (Å²) in [6, 6.07) is 7.86. The zero-order valence-electron chi connectivity index (χ0n) is 24.3. The molecular weight excluding hydrogens is 501 g/mol. The fourth-order valence-corrected chi connectivity index (χ4v) is 4.79. The Labute approximate surface area is 233 Å². The Bertz CT molecular complexity index is 692. The predicted octanol–water partition coefficient (Wildman–Crippen LogP) is 7.49. The molecule has 0 heterocycles. The van der Waals surface area contributed by atoms with Gasteiger partial charge in [0.2, 0.25) is 0 Å². The van der Waals surface area contributed by atoms with Gasteiger partial charge in [0.1, 0.15) is 11.9 Å². The lowest BCUT2D eigenvalue weighted by molar-refractivity contribution is -0.150. The van der Waals surface area contributed by atoms with Crippen LogP contribution in [0, 0.1) is 0 Å². The van der Waals surface area contributed by atoms with Gasteiger partial charge in [0.15, 0.2) is 0 Å². The third-order valence-corrected chi connectivity index (χ3v) is 7.13. The van der Waals surface area contributed by atoms with Crippen molar-refractivity contribution in [2.24, 2.45) is 0 Å². The zero-order valence-corrected chi connectivity index (χ0v) is 25.2. The first-order valence-electron chi connectivity index (χ1n) is 14.9. The third-order valence-electron chi connectivity index (χ3n) is 6.35. The summed E-state index contributed by atoms with van der Waals surface area (Å²) < 4.78 is 22.5. The van der Waals surface area contributed by atoms with Gasteiger partial charge in [-0.2, -0.15) is 0 Å². The fraction of sp³-hybridized carbons (Fsp3) is 0.767. The number of hydrogen-bond acceptors (Lipinski definition) is 7. The van der Waals surface area contributed by atoms with Gasteiger partial charge in [0.05, 0.1) is 19.8 Å². The summed E-state index contributed by atoms with van der Waals surface area (Å²) in [4.78, 5) is 22.2. The minimum Gasteiger partial charge on any atom is -0.493 e. The second-order valence-electron chi connectivity index (χ2n) is 9.88. The maximum absolute atomic E-state index is 12.2. The van der Waals surface area contributed by atoms with Crippen LogP contribution < -0.4 is 10.1 Å². The Balaban J connectivity index is 2.39. The number of para-hydroxylation sites is 1. The molecule has 0 bridgehead atoms. The molecule has 1 aromatic rings. The predicted molar refractivity (Wildman–Crippen MR) is 156 cm³/mol. The standard InChI is InChI=1S/C30H54NO6P/c1-4-6-7-8-9-10-11-12-13-14-15-18-23-34-29-21-17-16-20-27(29)25-28(37-30(32)19-5-2)26-36-38(33)35-24-22-31-3/h16-17,20-21,28,31,33H,4-15,18-19,22-26H2,1-3H3. The lowest BCUT2D eigenvalue weighted by Gasteiger charge is -2.21. The molecule has 0 radical (unpaired) electrons. The van der Waals surface area contributed by atoms with Gasteiger partial charge in [0.25, 0.3) is 0 Å². The first-order chi connectivity index (χ1) is 18.6. The van der Waals surface area contributed by atoms with E-state index in [9.17, 15) is 9.69 Å². The van der Waals surface area contributed by atoms with Crippen LogP contribution in [0.5, 0.6) is 5.75 Å². The second kappa shape index (κ2) is 24.8. The van der Waals surface area contributed by atoms with E-state index in [2.05, 4.69) is 12.2 Å². The van der Waals surface area contributed by atoms with Gasteiger partial charge in [-0.15, -0.1) is 0 Å². The van der Waals surface area contributed by atoms with Gasteiger partial charge >= 0.3 is 14.6 Å². The summed E-state index contributed by atoms with van der Waals surface area (Å²) in [5.74, 6) is 0.540. The molecule has 0 aliphatic carbocycles. The van der Waals surface area contributed by atoms with Crippen molar-refractivity contribution in [1.29, 1.82) is 0 Å². The Hall–Kier alpha value is -1.24. The number of rotatable bonds is 26. The van der Waals surface area contributed by atoms with Gasteiger partial charge in [-0.25, -0.2) is 0 Å². The van der Waals surface area contributed by atoms with E-state index in [0.717, 1.165) is 17.7 Å². The minimum atomic E-state index is -2.03. The SMILES string of the molecule is CCCCCCCCCCCCCCOc1ccccc1CC(COP(O)OCCNC)OC(=O)CCC. The van der Waals surface area contributed by atoms with Crippen LogP contribution in [0.25, 0.3) is 0 Å². The largest absolute Gasteiger partial charge is 0.493 e. The first kappa shape index (κ1) is 34.8. The van der Waals surface area contributed by atoms with Crippen molar-refractivity contribution in [1.82, 2.24) is 5.32 Å². The molecule has 0 saturated heterocycles. The van der Waals surface area contributed by atoms with Gasteiger partial charge in [-0.3, -0.25) is 4.79 Å². The molecular formula is C30H54NO6P. The smallest absolute Gasteiger partial charge is 0.330 e. The van der Waals surface area contributed by atoms with Gasteiger partial charge in [-0.05, 0) is 31.5 Å². The molecule has 8 heteroatoms. The monoisotopic (exact) mass is 555 g/mol. The lowest BCUT2D eigenvalue weighted by atomic mass is 10.1. The summed E-state index contributed by atoms with van der Waals surface area (Å²) in [6.07, 6.45) is 16.7.